The van der Waals surface area contributed by atoms with Crippen molar-refractivity contribution in [2.45, 2.75) is 24.8 Å². The summed E-state index contributed by atoms with van der Waals surface area (Å²) in [6.07, 6.45) is 2.50. The van der Waals surface area contributed by atoms with Gasteiger partial charge in [0.2, 0.25) is 0 Å². The molecule has 1 aromatic rings. The number of rotatable bonds is 1. The summed E-state index contributed by atoms with van der Waals surface area (Å²) in [4.78, 5) is 0. The minimum Gasteiger partial charge on any atom is -0.497 e. The van der Waals surface area contributed by atoms with Crippen molar-refractivity contribution in [3.8, 4) is 11.5 Å². The first-order valence-corrected chi connectivity index (χ1v) is 5.92. The lowest BCUT2D eigenvalue weighted by Crippen LogP contribution is -2.46. The Labute approximate surface area is 95.8 Å². The van der Waals surface area contributed by atoms with Crippen molar-refractivity contribution < 1.29 is 9.47 Å². The van der Waals surface area contributed by atoms with Gasteiger partial charge in [-0.2, -0.15) is 0 Å². The molecular formula is C13H17NO2. The normalized spacial score (nSPS) is 27.6. The fourth-order valence-corrected chi connectivity index (χ4v) is 2.75. The maximum Gasteiger partial charge on any atom is 0.123 e. The molecule has 0 aliphatic carbocycles. The van der Waals surface area contributed by atoms with Gasteiger partial charge in [-0.25, -0.2) is 0 Å². The van der Waals surface area contributed by atoms with Crippen LogP contribution in [0, 0.1) is 0 Å². The summed E-state index contributed by atoms with van der Waals surface area (Å²) in [6.45, 7) is 1.91. The lowest BCUT2D eigenvalue weighted by molar-refractivity contribution is 0.189. The maximum absolute atomic E-state index is 5.77. The summed E-state index contributed by atoms with van der Waals surface area (Å²) in [7, 11) is 1.71. The predicted molar refractivity (Wildman–Crippen MR) is 62.3 cm³/mol. The van der Waals surface area contributed by atoms with E-state index >= 15 is 0 Å². The second-order valence-corrected chi connectivity index (χ2v) is 4.52. The Hall–Kier alpha value is -1.22. The second-order valence-electron chi connectivity index (χ2n) is 4.52. The van der Waals surface area contributed by atoms with E-state index in [0.29, 0.717) is 12.0 Å². The fourth-order valence-electron chi connectivity index (χ4n) is 2.75. The number of nitrogens with one attached hydrogen (secondary N) is 1. The molecule has 0 saturated carbocycles. The van der Waals surface area contributed by atoms with Crippen LogP contribution in [0.2, 0.25) is 0 Å². The molecule has 0 bridgehead atoms. The van der Waals surface area contributed by atoms with E-state index in [4.69, 9.17) is 9.47 Å². The molecule has 2 aliphatic heterocycles. The van der Waals surface area contributed by atoms with Crippen LogP contribution < -0.4 is 14.8 Å². The highest BCUT2D eigenvalue weighted by molar-refractivity contribution is 5.44. The fraction of sp³-hybridized carbons (Fsp3) is 0.538. The van der Waals surface area contributed by atoms with E-state index in [1.54, 1.807) is 7.11 Å². The number of fused-ring (bicyclic) bond motifs is 3. The highest BCUT2D eigenvalue weighted by Crippen LogP contribution is 2.39. The van der Waals surface area contributed by atoms with E-state index in [1.807, 2.05) is 12.1 Å². The Morgan fingerprint density at radius 1 is 1.44 bits per heavy atom. The zero-order valence-corrected chi connectivity index (χ0v) is 9.53. The number of hydrogen-bond donors (Lipinski definition) is 1. The molecule has 0 spiro atoms. The van der Waals surface area contributed by atoms with Gasteiger partial charge in [-0.3, -0.25) is 0 Å². The molecule has 0 aromatic heterocycles. The Morgan fingerprint density at radius 3 is 3.25 bits per heavy atom. The van der Waals surface area contributed by atoms with Gasteiger partial charge in [0.15, 0.2) is 0 Å². The Morgan fingerprint density at radius 2 is 2.38 bits per heavy atom. The molecule has 1 aromatic carbocycles. The Kier molecular flexibility index (Phi) is 2.48. The molecule has 1 fully saturated rings. The maximum atomic E-state index is 5.77. The molecule has 0 amide bonds. The summed E-state index contributed by atoms with van der Waals surface area (Å²) in [5.74, 6) is 2.55. The quantitative estimate of drug-likeness (QED) is 0.782. The van der Waals surface area contributed by atoms with Crippen LogP contribution in [0.1, 0.15) is 24.3 Å². The van der Waals surface area contributed by atoms with Crippen LogP contribution in [0.15, 0.2) is 18.2 Å². The van der Waals surface area contributed by atoms with Gasteiger partial charge in [0.25, 0.3) is 0 Å². The van der Waals surface area contributed by atoms with Crippen molar-refractivity contribution in [1.29, 1.82) is 0 Å². The molecule has 3 rings (SSSR count). The lowest BCUT2D eigenvalue weighted by Gasteiger charge is -2.37. The van der Waals surface area contributed by atoms with Crippen LogP contribution in [-0.2, 0) is 0 Å². The second kappa shape index (κ2) is 3.98. The van der Waals surface area contributed by atoms with Crippen LogP contribution in [0.3, 0.4) is 0 Å². The number of methoxy groups -OCH3 is 1. The van der Waals surface area contributed by atoms with Gasteiger partial charge in [0.1, 0.15) is 18.1 Å². The molecule has 1 N–H and O–H groups in total. The number of hydrogen-bond acceptors (Lipinski definition) is 3. The van der Waals surface area contributed by atoms with Crippen molar-refractivity contribution in [2.75, 3.05) is 20.3 Å². The molecule has 2 atom stereocenters. The van der Waals surface area contributed by atoms with E-state index in [2.05, 4.69) is 11.4 Å². The summed E-state index contributed by atoms with van der Waals surface area (Å²) < 4.78 is 11.1. The van der Waals surface area contributed by atoms with Gasteiger partial charge in [-0.15, -0.1) is 0 Å². The topological polar surface area (TPSA) is 30.5 Å². The summed E-state index contributed by atoms with van der Waals surface area (Å²) in [5.41, 5.74) is 1.31. The van der Waals surface area contributed by atoms with E-state index in [-0.39, 0.29) is 0 Å². The minimum absolute atomic E-state index is 0.480. The standard InChI is InChI=1S/C13H17NO2/c1-15-9-4-5-13-11(7-9)10-3-2-6-14-12(10)8-16-13/h4-5,7,10,12,14H,2-3,6,8H2,1H3/t10-,12+/m1/s1. The average Bonchev–Trinajstić information content (AvgIpc) is 2.38. The van der Waals surface area contributed by atoms with Crippen LogP contribution in [0.5, 0.6) is 11.5 Å². The molecule has 86 valence electrons. The molecule has 1 saturated heterocycles. The first kappa shape index (κ1) is 9.97. The molecule has 3 nitrogen and oxygen atoms in total. The highest BCUT2D eigenvalue weighted by atomic mass is 16.5. The van der Waals surface area contributed by atoms with Gasteiger partial charge in [0.05, 0.1) is 7.11 Å². The molecule has 16 heavy (non-hydrogen) atoms. The largest absolute Gasteiger partial charge is 0.497 e. The van der Waals surface area contributed by atoms with E-state index in [0.717, 1.165) is 24.7 Å². The van der Waals surface area contributed by atoms with E-state index < -0.39 is 0 Å². The molecule has 2 heterocycles. The van der Waals surface area contributed by atoms with Gasteiger partial charge in [0, 0.05) is 17.5 Å². The SMILES string of the molecule is COc1ccc2c(c1)[C@H]1CCCN[C@H]1CO2. The van der Waals surface area contributed by atoms with E-state index in [9.17, 15) is 0 Å². The van der Waals surface area contributed by atoms with Crippen LogP contribution in [0.4, 0.5) is 0 Å². The molecule has 3 heteroatoms. The van der Waals surface area contributed by atoms with Gasteiger partial charge < -0.3 is 14.8 Å². The van der Waals surface area contributed by atoms with Gasteiger partial charge in [-0.1, -0.05) is 0 Å². The molecule has 0 unspecified atom stereocenters. The third kappa shape index (κ3) is 1.55. The Bertz CT molecular complexity index is 392. The predicted octanol–water partition coefficient (Wildman–Crippen LogP) is 1.92. The highest BCUT2D eigenvalue weighted by Gasteiger charge is 2.32. The zero-order valence-electron chi connectivity index (χ0n) is 9.53. The average molecular weight is 219 g/mol. The third-order valence-corrected chi connectivity index (χ3v) is 3.62. The van der Waals surface area contributed by atoms with E-state index in [1.165, 1.54) is 18.4 Å². The Balaban J connectivity index is 1.98. The van der Waals surface area contributed by atoms with Crippen molar-refractivity contribution in [3.63, 3.8) is 0 Å². The third-order valence-electron chi connectivity index (χ3n) is 3.62. The van der Waals surface area contributed by atoms with Crippen molar-refractivity contribution in [3.05, 3.63) is 23.8 Å². The first-order valence-electron chi connectivity index (χ1n) is 5.92. The lowest BCUT2D eigenvalue weighted by atomic mass is 9.83. The number of benzene rings is 1. The monoisotopic (exact) mass is 219 g/mol. The van der Waals surface area contributed by atoms with Gasteiger partial charge in [-0.05, 0) is 37.6 Å². The number of ether oxygens (including phenoxy) is 2. The van der Waals surface area contributed by atoms with Crippen molar-refractivity contribution in [1.82, 2.24) is 5.32 Å². The summed E-state index contributed by atoms with van der Waals surface area (Å²) >= 11 is 0. The smallest absolute Gasteiger partial charge is 0.123 e. The molecular weight excluding hydrogens is 202 g/mol. The molecule has 2 aliphatic rings. The van der Waals surface area contributed by atoms with Crippen molar-refractivity contribution >= 4 is 0 Å². The zero-order chi connectivity index (χ0) is 11.0. The summed E-state index contributed by atoms with van der Waals surface area (Å²) in [5, 5.41) is 3.53. The first-order chi connectivity index (χ1) is 7.88. The minimum atomic E-state index is 0.480. The number of piperidine rings is 1. The van der Waals surface area contributed by atoms with Crippen LogP contribution in [0.25, 0.3) is 0 Å². The summed E-state index contributed by atoms with van der Waals surface area (Å²) in [6, 6.07) is 6.60. The van der Waals surface area contributed by atoms with Gasteiger partial charge >= 0.3 is 0 Å². The van der Waals surface area contributed by atoms with Crippen LogP contribution in [-0.4, -0.2) is 26.3 Å². The van der Waals surface area contributed by atoms with Crippen LogP contribution >= 0.6 is 0 Å². The van der Waals surface area contributed by atoms with Crippen molar-refractivity contribution in [2.24, 2.45) is 0 Å². The molecule has 0 radical (unpaired) electrons.